The van der Waals surface area contributed by atoms with Crippen LogP contribution in [0.5, 0.6) is 0 Å². The molecule has 1 aromatic carbocycles. The highest BCUT2D eigenvalue weighted by atomic mass is 35.5. The topological polar surface area (TPSA) is 38.0 Å². The van der Waals surface area contributed by atoms with E-state index in [4.69, 9.17) is 17.3 Å². The SMILES string of the molecule is Cc1cc(Cl)ccc1NC1CCCC1CN. The van der Waals surface area contributed by atoms with Gasteiger partial charge in [-0.1, -0.05) is 18.0 Å². The van der Waals surface area contributed by atoms with Crippen molar-refractivity contribution in [1.29, 1.82) is 0 Å². The minimum absolute atomic E-state index is 0.532. The molecule has 2 unspecified atom stereocenters. The molecule has 0 saturated heterocycles. The van der Waals surface area contributed by atoms with Gasteiger partial charge in [0.05, 0.1) is 0 Å². The van der Waals surface area contributed by atoms with Crippen molar-refractivity contribution in [2.24, 2.45) is 11.7 Å². The second-order valence-electron chi connectivity index (χ2n) is 4.64. The van der Waals surface area contributed by atoms with Gasteiger partial charge in [0.25, 0.3) is 0 Å². The molecule has 1 aliphatic carbocycles. The van der Waals surface area contributed by atoms with Gasteiger partial charge in [0.2, 0.25) is 0 Å². The van der Waals surface area contributed by atoms with Gasteiger partial charge in [0, 0.05) is 16.8 Å². The molecular weight excluding hydrogens is 220 g/mol. The normalized spacial score (nSPS) is 24.7. The standard InChI is InChI=1S/C13H19ClN2/c1-9-7-11(14)5-6-12(9)16-13-4-2-3-10(13)8-15/h5-7,10,13,16H,2-4,8,15H2,1H3. The van der Waals surface area contributed by atoms with Gasteiger partial charge in [0.1, 0.15) is 0 Å². The Morgan fingerprint density at radius 2 is 2.25 bits per heavy atom. The van der Waals surface area contributed by atoms with Crippen molar-refractivity contribution in [2.45, 2.75) is 32.2 Å². The largest absolute Gasteiger partial charge is 0.382 e. The molecule has 0 spiro atoms. The van der Waals surface area contributed by atoms with Crippen molar-refractivity contribution in [1.82, 2.24) is 0 Å². The molecule has 1 aromatic rings. The van der Waals surface area contributed by atoms with E-state index in [1.165, 1.54) is 30.5 Å². The molecular formula is C13H19ClN2. The molecule has 0 radical (unpaired) electrons. The van der Waals surface area contributed by atoms with Crippen LogP contribution >= 0.6 is 11.6 Å². The summed E-state index contributed by atoms with van der Waals surface area (Å²) in [4.78, 5) is 0. The molecule has 2 rings (SSSR count). The van der Waals surface area contributed by atoms with Crippen molar-refractivity contribution in [3.8, 4) is 0 Å². The van der Waals surface area contributed by atoms with Crippen LogP contribution < -0.4 is 11.1 Å². The lowest BCUT2D eigenvalue weighted by Crippen LogP contribution is -2.29. The van der Waals surface area contributed by atoms with Gasteiger partial charge in [-0.25, -0.2) is 0 Å². The zero-order chi connectivity index (χ0) is 11.5. The minimum Gasteiger partial charge on any atom is -0.382 e. The van der Waals surface area contributed by atoms with Crippen LogP contribution in [0.1, 0.15) is 24.8 Å². The van der Waals surface area contributed by atoms with Crippen LogP contribution in [-0.2, 0) is 0 Å². The fourth-order valence-electron chi connectivity index (χ4n) is 2.50. The maximum Gasteiger partial charge on any atom is 0.0410 e. The Morgan fingerprint density at radius 1 is 1.44 bits per heavy atom. The molecule has 1 saturated carbocycles. The van der Waals surface area contributed by atoms with E-state index in [-0.39, 0.29) is 0 Å². The number of aryl methyl sites for hydroxylation is 1. The van der Waals surface area contributed by atoms with E-state index in [1.54, 1.807) is 0 Å². The Kier molecular flexibility index (Phi) is 3.72. The predicted molar refractivity (Wildman–Crippen MR) is 70.0 cm³/mol. The quantitative estimate of drug-likeness (QED) is 0.849. The summed E-state index contributed by atoms with van der Waals surface area (Å²) >= 11 is 5.94. The molecule has 16 heavy (non-hydrogen) atoms. The first kappa shape index (κ1) is 11.7. The zero-order valence-corrected chi connectivity index (χ0v) is 10.4. The van der Waals surface area contributed by atoms with E-state index in [0.717, 1.165) is 11.6 Å². The van der Waals surface area contributed by atoms with Gasteiger partial charge < -0.3 is 11.1 Å². The van der Waals surface area contributed by atoms with Gasteiger partial charge in [-0.15, -0.1) is 0 Å². The van der Waals surface area contributed by atoms with Gasteiger partial charge in [-0.3, -0.25) is 0 Å². The first-order valence-electron chi connectivity index (χ1n) is 5.93. The van der Waals surface area contributed by atoms with Crippen molar-refractivity contribution < 1.29 is 0 Å². The van der Waals surface area contributed by atoms with Crippen molar-refractivity contribution >= 4 is 17.3 Å². The Hall–Kier alpha value is -0.730. The highest BCUT2D eigenvalue weighted by molar-refractivity contribution is 6.30. The molecule has 1 fully saturated rings. The van der Waals surface area contributed by atoms with Crippen LogP contribution in [-0.4, -0.2) is 12.6 Å². The number of benzene rings is 1. The van der Waals surface area contributed by atoms with Crippen LogP contribution in [0, 0.1) is 12.8 Å². The van der Waals surface area contributed by atoms with Crippen LogP contribution in [0.3, 0.4) is 0 Å². The summed E-state index contributed by atoms with van der Waals surface area (Å²) in [6.07, 6.45) is 3.76. The van der Waals surface area contributed by atoms with Crippen LogP contribution in [0.4, 0.5) is 5.69 Å². The lowest BCUT2D eigenvalue weighted by molar-refractivity contribution is 0.516. The molecule has 0 heterocycles. The van der Waals surface area contributed by atoms with Gasteiger partial charge in [-0.2, -0.15) is 0 Å². The third-order valence-corrected chi connectivity index (χ3v) is 3.73. The number of hydrogen-bond acceptors (Lipinski definition) is 2. The first-order chi connectivity index (χ1) is 7.70. The van der Waals surface area contributed by atoms with E-state index in [2.05, 4.69) is 18.3 Å². The van der Waals surface area contributed by atoms with E-state index >= 15 is 0 Å². The highest BCUT2D eigenvalue weighted by Gasteiger charge is 2.25. The molecule has 0 amide bonds. The predicted octanol–water partition coefficient (Wildman–Crippen LogP) is 3.19. The number of halogens is 1. The monoisotopic (exact) mass is 238 g/mol. The van der Waals surface area contributed by atoms with Crippen molar-refractivity contribution in [3.05, 3.63) is 28.8 Å². The van der Waals surface area contributed by atoms with Gasteiger partial charge in [0.15, 0.2) is 0 Å². The van der Waals surface area contributed by atoms with Crippen LogP contribution in [0.15, 0.2) is 18.2 Å². The summed E-state index contributed by atoms with van der Waals surface area (Å²) < 4.78 is 0. The van der Waals surface area contributed by atoms with E-state index in [9.17, 15) is 0 Å². The number of anilines is 1. The Labute approximate surface area is 102 Å². The lowest BCUT2D eigenvalue weighted by Gasteiger charge is -2.22. The maximum absolute atomic E-state index is 5.94. The molecule has 1 aliphatic rings. The smallest absolute Gasteiger partial charge is 0.0410 e. The van der Waals surface area contributed by atoms with Crippen molar-refractivity contribution in [3.63, 3.8) is 0 Å². The van der Waals surface area contributed by atoms with E-state index < -0.39 is 0 Å². The fraction of sp³-hybridized carbons (Fsp3) is 0.538. The summed E-state index contributed by atoms with van der Waals surface area (Å²) in [5.41, 5.74) is 8.17. The molecule has 0 aromatic heterocycles. The van der Waals surface area contributed by atoms with E-state index in [1.807, 2.05) is 12.1 Å². The van der Waals surface area contributed by atoms with Crippen LogP contribution in [0.2, 0.25) is 5.02 Å². The van der Waals surface area contributed by atoms with Gasteiger partial charge in [-0.05, 0) is 56.0 Å². The first-order valence-corrected chi connectivity index (χ1v) is 6.31. The van der Waals surface area contributed by atoms with E-state index in [0.29, 0.717) is 12.0 Å². The number of hydrogen-bond donors (Lipinski definition) is 2. The summed E-state index contributed by atoms with van der Waals surface area (Å²) in [6, 6.07) is 6.52. The zero-order valence-electron chi connectivity index (χ0n) is 9.67. The number of nitrogens with two attached hydrogens (primary N) is 1. The molecule has 3 N–H and O–H groups in total. The fourth-order valence-corrected chi connectivity index (χ4v) is 2.72. The maximum atomic E-state index is 5.94. The molecule has 88 valence electrons. The molecule has 3 heteroatoms. The lowest BCUT2D eigenvalue weighted by atomic mass is 10.0. The summed E-state index contributed by atoms with van der Waals surface area (Å²) in [5, 5.41) is 4.39. The third-order valence-electron chi connectivity index (χ3n) is 3.49. The molecule has 0 aliphatic heterocycles. The second-order valence-corrected chi connectivity index (χ2v) is 5.07. The molecule has 2 atom stereocenters. The molecule has 0 bridgehead atoms. The van der Waals surface area contributed by atoms with Gasteiger partial charge >= 0.3 is 0 Å². The highest BCUT2D eigenvalue weighted by Crippen LogP contribution is 2.29. The Morgan fingerprint density at radius 3 is 2.94 bits per heavy atom. The second kappa shape index (κ2) is 5.07. The minimum atomic E-state index is 0.532. The third kappa shape index (κ3) is 2.50. The Bertz CT molecular complexity index is 365. The van der Waals surface area contributed by atoms with Crippen molar-refractivity contribution in [2.75, 3.05) is 11.9 Å². The van der Waals surface area contributed by atoms with Crippen LogP contribution in [0.25, 0.3) is 0 Å². The summed E-state index contributed by atoms with van der Waals surface area (Å²) in [6.45, 7) is 2.87. The Balaban J connectivity index is 2.08. The number of nitrogens with one attached hydrogen (secondary N) is 1. The summed E-state index contributed by atoms with van der Waals surface area (Å²) in [5.74, 6) is 0.620. The average Bonchev–Trinajstić information content (AvgIpc) is 2.69. The summed E-state index contributed by atoms with van der Waals surface area (Å²) in [7, 11) is 0. The number of rotatable bonds is 3. The average molecular weight is 239 g/mol. The molecule has 2 nitrogen and oxygen atoms in total.